The summed E-state index contributed by atoms with van der Waals surface area (Å²) in [6.45, 7) is 1.99. The Morgan fingerprint density at radius 1 is 1.26 bits per heavy atom. The van der Waals surface area contributed by atoms with Gasteiger partial charge in [0.2, 0.25) is 11.8 Å². The van der Waals surface area contributed by atoms with Crippen LogP contribution < -0.4 is 10.6 Å². The van der Waals surface area contributed by atoms with Crippen molar-refractivity contribution in [1.29, 1.82) is 0 Å². The first-order valence-corrected chi connectivity index (χ1v) is 11.2. The maximum atomic E-state index is 13.1. The predicted molar refractivity (Wildman–Crippen MR) is 115 cm³/mol. The van der Waals surface area contributed by atoms with Crippen molar-refractivity contribution in [2.75, 3.05) is 0 Å². The van der Waals surface area contributed by atoms with Gasteiger partial charge in [0.15, 0.2) is 11.5 Å². The SMILES string of the molecule is Cc1noc(C2(NC(=O)c3cn(-c4ccc5c(c4)C(=O)N(C4CCC(=O)NC4=O)C5)nn3)CC2)n1. The molecular weight excluding hydrogens is 456 g/mol. The smallest absolute Gasteiger partial charge is 0.274 e. The Morgan fingerprint density at radius 2 is 2.09 bits per heavy atom. The summed E-state index contributed by atoms with van der Waals surface area (Å²) in [4.78, 5) is 55.2. The molecule has 4 amide bonds. The molecule has 178 valence electrons. The highest BCUT2D eigenvalue weighted by Gasteiger charge is 2.51. The predicted octanol–water partition coefficient (Wildman–Crippen LogP) is 0.139. The molecule has 4 heterocycles. The molecule has 2 fully saturated rings. The number of carbonyl (C=O) groups is 4. The number of rotatable bonds is 5. The molecule has 2 N–H and O–H groups in total. The molecular formula is C22H20N8O5. The van der Waals surface area contributed by atoms with Gasteiger partial charge in [0, 0.05) is 18.5 Å². The van der Waals surface area contributed by atoms with E-state index in [-0.39, 0.29) is 30.5 Å². The van der Waals surface area contributed by atoms with E-state index in [2.05, 4.69) is 31.1 Å². The summed E-state index contributed by atoms with van der Waals surface area (Å²) < 4.78 is 6.64. The zero-order valence-electron chi connectivity index (χ0n) is 18.6. The lowest BCUT2D eigenvalue weighted by molar-refractivity contribution is -0.136. The lowest BCUT2D eigenvalue weighted by Crippen LogP contribution is -2.52. The van der Waals surface area contributed by atoms with Gasteiger partial charge in [0.1, 0.15) is 11.6 Å². The Bertz CT molecular complexity index is 1400. The molecule has 1 aromatic carbocycles. The van der Waals surface area contributed by atoms with Crippen molar-refractivity contribution in [3.63, 3.8) is 0 Å². The highest BCUT2D eigenvalue weighted by molar-refractivity contribution is 6.05. The lowest BCUT2D eigenvalue weighted by Gasteiger charge is -2.29. The molecule has 3 aliphatic rings. The monoisotopic (exact) mass is 476 g/mol. The number of fused-ring (bicyclic) bond motifs is 1. The number of imide groups is 1. The number of nitrogens with one attached hydrogen (secondary N) is 2. The minimum atomic E-state index is -0.685. The standard InChI is InChI=1S/C22H20N8O5/c1-11-23-21(35-27-11)22(6-7-22)25-18(32)15-10-30(28-26-15)13-3-2-12-9-29(20(34)14(12)8-13)16-4-5-17(31)24-19(16)33/h2-3,8,10,16H,4-7,9H2,1H3,(H,25,32)(H,24,31,33). The van der Waals surface area contributed by atoms with E-state index in [1.807, 2.05) is 0 Å². The molecule has 1 saturated carbocycles. The number of piperidine rings is 1. The van der Waals surface area contributed by atoms with Crippen LogP contribution in [-0.2, 0) is 21.7 Å². The molecule has 0 bridgehead atoms. The highest BCUT2D eigenvalue weighted by atomic mass is 16.5. The molecule has 1 aliphatic carbocycles. The van der Waals surface area contributed by atoms with E-state index >= 15 is 0 Å². The molecule has 1 atom stereocenters. The molecule has 1 unspecified atom stereocenters. The normalized spacial score (nSPS) is 20.5. The van der Waals surface area contributed by atoms with E-state index in [0.29, 0.717) is 42.2 Å². The molecule has 35 heavy (non-hydrogen) atoms. The van der Waals surface area contributed by atoms with Crippen LogP contribution >= 0.6 is 0 Å². The fraction of sp³-hybridized carbons (Fsp3) is 0.364. The van der Waals surface area contributed by atoms with Crippen molar-refractivity contribution in [1.82, 2.24) is 40.7 Å². The number of nitrogens with zero attached hydrogens (tertiary/aromatic N) is 6. The Labute approximate surface area is 197 Å². The van der Waals surface area contributed by atoms with Crippen LogP contribution in [0.2, 0.25) is 0 Å². The number of hydrogen-bond donors (Lipinski definition) is 2. The van der Waals surface area contributed by atoms with Gasteiger partial charge in [0.25, 0.3) is 17.7 Å². The Hall–Kier alpha value is -4.42. The summed E-state index contributed by atoms with van der Waals surface area (Å²) in [7, 11) is 0. The van der Waals surface area contributed by atoms with E-state index in [9.17, 15) is 19.2 Å². The zero-order chi connectivity index (χ0) is 24.3. The molecule has 2 aliphatic heterocycles. The zero-order valence-corrected chi connectivity index (χ0v) is 18.6. The van der Waals surface area contributed by atoms with Crippen LogP contribution in [0.4, 0.5) is 0 Å². The van der Waals surface area contributed by atoms with Gasteiger partial charge in [-0.3, -0.25) is 24.5 Å². The molecule has 13 nitrogen and oxygen atoms in total. The van der Waals surface area contributed by atoms with Crippen molar-refractivity contribution in [2.24, 2.45) is 0 Å². The Kier molecular flexibility index (Phi) is 4.56. The number of carbonyl (C=O) groups excluding carboxylic acids is 4. The average molecular weight is 476 g/mol. The molecule has 1 saturated heterocycles. The third-order valence-electron chi connectivity index (χ3n) is 6.54. The van der Waals surface area contributed by atoms with Crippen molar-refractivity contribution in [3.05, 3.63) is 52.9 Å². The van der Waals surface area contributed by atoms with Gasteiger partial charge in [-0.05, 0) is 43.9 Å². The first kappa shape index (κ1) is 21.1. The number of amides is 4. The molecule has 13 heteroatoms. The molecule has 3 aromatic rings. The second kappa shape index (κ2) is 7.55. The van der Waals surface area contributed by atoms with E-state index in [0.717, 1.165) is 5.56 Å². The minimum Gasteiger partial charge on any atom is -0.337 e. The summed E-state index contributed by atoms with van der Waals surface area (Å²) in [5.41, 5.74) is 1.18. The van der Waals surface area contributed by atoms with E-state index in [1.54, 1.807) is 25.1 Å². The van der Waals surface area contributed by atoms with Gasteiger partial charge < -0.3 is 14.7 Å². The van der Waals surface area contributed by atoms with Gasteiger partial charge in [-0.2, -0.15) is 4.98 Å². The number of hydrogen-bond acceptors (Lipinski definition) is 9. The summed E-state index contributed by atoms with van der Waals surface area (Å²) in [6.07, 6.45) is 3.34. The van der Waals surface area contributed by atoms with E-state index in [4.69, 9.17) is 4.52 Å². The van der Waals surface area contributed by atoms with E-state index < -0.39 is 23.4 Å². The topological polar surface area (TPSA) is 165 Å². The second-order valence-electron chi connectivity index (χ2n) is 8.97. The summed E-state index contributed by atoms with van der Waals surface area (Å²) in [5, 5.41) is 17.0. The molecule has 0 radical (unpaired) electrons. The highest BCUT2D eigenvalue weighted by Crippen LogP contribution is 2.44. The van der Waals surface area contributed by atoms with Crippen molar-refractivity contribution in [2.45, 2.75) is 50.7 Å². The van der Waals surface area contributed by atoms with Crippen LogP contribution in [0, 0.1) is 6.92 Å². The summed E-state index contributed by atoms with van der Waals surface area (Å²) in [6, 6.07) is 4.52. The third-order valence-corrected chi connectivity index (χ3v) is 6.54. The van der Waals surface area contributed by atoms with Crippen molar-refractivity contribution < 1.29 is 23.7 Å². The van der Waals surface area contributed by atoms with Gasteiger partial charge in [-0.25, -0.2) is 4.68 Å². The Morgan fingerprint density at radius 3 is 2.80 bits per heavy atom. The molecule has 0 spiro atoms. The van der Waals surface area contributed by atoms with Crippen molar-refractivity contribution in [3.8, 4) is 5.69 Å². The minimum absolute atomic E-state index is 0.101. The van der Waals surface area contributed by atoms with Crippen LogP contribution in [0.1, 0.15) is 63.8 Å². The number of aryl methyl sites for hydroxylation is 1. The number of aromatic nitrogens is 5. The van der Waals surface area contributed by atoms with Gasteiger partial charge >= 0.3 is 0 Å². The van der Waals surface area contributed by atoms with E-state index in [1.165, 1.54) is 15.8 Å². The van der Waals surface area contributed by atoms with Gasteiger partial charge in [0.05, 0.1) is 11.9 Å². The van der Waals surface area contributed by atoms with Crippen LogP contribution in [0.15, 0.2) is 28.9 Å². The molecule has 6 rings (SSSR count). The van der Waals surface area contributed by atoms with Crippen molar-refractivity contribution >= 4 is 23.6 Å². The fourth-order valence-electron chi connectivity index (χ4n) is 4.47. The first-order valence-electron chi connectivity index (χ1n) is 11.2. The maximum Gasteiger partial charge on any atom is 0.274 e. The van der Waals surface area contributed by atoms with Crippen LogP contribution in [0.3, 0.4) is 0 Å². The third kappa shape index (κ3) is 3.55. The number of benzene rings is 1. The van der Waals surface area contributed by atoms with Gasteiger partial charge in [-0.1, -0.05) is 16.4 Å². The largest absolute Gasteiger partial charge is 0.337 e. The van der Waals surface area contributed by atoms with Crippen LogP contribution in [-0.4, -0.2) is 59.7 Å². The Balaban J connectivity index is 1.19. The maximum absolute atomic E-state index is 13.1. The van der Waals surface area contributed by atoms with Crippen LogP contribution in [0.5, 0.6) is 0 Å². The molecule has 2 aromatic heterocycles. The summed E-state index contributed by atoms with van der Waals surface area (Å²) in [5.74, 6) is -0.643. The summed E-state index contributed by atoms with van der Waals surface area (Å²) >= 11 is 0. The van der Waals surface area contributed by atoms with Crippen LogP contribution in [0.25, 0.3) is 5.69 Å². The second-order valence-corrected chi connectivity index (χ2v) is 8.97. The quantitative estimate of drug-likeness (QED) is 0.487. The fourth-order valence-corrected chi connectivity index (χ4v) is 4.47. The van der Waals surface area contributed by atoms with Gasteiger partial charge in [-0.15, -0.1) is 5.10 Å². The lowest BCUT2D eigenvalue weighted by atomic mass is 10.0. The average Bonchev–Trinajstić information content (AvgIpc) is 3.17. The first-order chi connectivity index (χ1) is 16.8.